The number of hydrogen-bond acceptors (Lipinski definition) is 3. The van der Waals surface area contributed by atoms with Crippen molar-refractivity contribution in [3.05, 3.63) is 11.4 Å². The molecule has 3 rings (SSSR count). The minimum absolute atomic E-state index is 0.591. The second-order valence-corrected chi connectivity index (χ2v) is 4.43. The molecule has 1 heterocycles. The van der Waals surface area contributed by atoms with E-state index in [-0.39, 0.29) is 0 Å². The van der Waals surface area contributed by atoms with E-state index < -0.39 is 0 Å². The molecule has 0 amide bonds. The molecule has 2 saturated carbocycles. The lowest BCUT2D eigenvalue weighted by Crippen LogP contribution is -2.22. The number of aromatic nitrogens is 3. The topological polar surface area (TPSA) is 56.7 Å². The van der Waals surface area contributed by atoms with Gasteiger partial charge < -0.3 is 5.73 Å². The lowest BCUT2D eigenvalue weighted by Gasteiger charge is -2.26. The van der Waals surface area contributed by atoms with Crippen LogP contribution in [0.1, 0.15) is 55.5 Å². The Kier molecular flexibility index (Phi) is 1.83. The smallest absolute Gasteiger partial charge is 0.0903 e. The monoisotopic (exact) mass is 192 g/mol. The van der Waals surface area contributed by atoms with Crippen LogP contribution >= 0.6 is 0 Å². The lowest BCUT2D eigenvalue weighted by molar-refractivity contribution is 0.277. The first-order valence-electron chi connectivity index (χ1n) is 5.54. The summed E-state index contributed by atoms with van der Waals surface area (Å²) in [6, 6.07) is 0.591. The summed E-state index contributed by atoms with van der Waals surface area (Å²) in [5.41, 5.74) is 8.15. The van der Waals surface area contributed by atoms with Crippen molar-refractivity contribution in [2.24, 2.45) is 5.73 Å². The summed E-state index contributed by atoms with van der Waals surface area (Å²) in [4.78, 5) is 0. The Labute approximate surface area is 83.5 Å². The summed E-state index contributed by atoms with van der Waals surface area (Å²) in [7, 11) is 0. The van der Waals surface area contributed by atoms with Crippen LogP contribution < -0.4 is 5.73 Å². The fourth-order valence-electron chi connectivity index (χ4n) is 2.12. The normalized spacial score (nSPS) is 22.4. The van der Waals surface area contributed by atoms with E-state index in [1.54, 1.807) is 0 Å². The predicted molar refractivity (Wildman–Crippen MR) is 52.8 cm³/mol. The molecule has 1 aromatic heterocycles. The van der Waals surface area contributed by atoms with Crippen LogP contribution in [-0.2, 0) is 6.54 Å². The minimum atomic E-state index is 0.591. The Bertz CT molecular complexity index is 336. The van der Waals surface area contributed by atoms with E-state index in [4.69, 9.17) is 5.73 Å². The highest BCUT2D eigenvalue weighted by Gasteiger charge is 2.32. The zero-order valence-corrected chi connectivity index (χ0v) is 8.32. The first-order chi connectivity index (χ1) is 6.90. The van der Waals surface area contributed by atoms with Crippen LogP contribution in [0.25, 0.3) is 0 Å². The van der Waals surface area contributed by atoms with Gasteiger partial charge in [-0.25, -0.2) is 4.68 Å². The first-order valence-corrected chi connectivity index (χ1v) is 5.54. The third kappa shape index (κ3) is 1.17. The first kappa shape index (κ1) is 8.41. The summed E-state index contributed by atoms with van der Waals surface area (Å²) in [6.07, 6.45) is 6.38. The fourth-order valence-corrected chi connectivity index (χ4v) is 2.12. The Morgan fingerprint density at radius 3 is 2.57 bits per heavy atom. The van der Waals surface area contributed by atoms with Gasteiger partial charge in [0.15, 0.2) is 0 Å². The van der Waals surface area contributed by atoms with Crippen molar-refractivity contribution < 1.29 is 0 Å². The molecular formula is C10H16N4. The molecule has 0 unspecified atom stereocenters. The highest BCUT2D eigenvalue weighted by Crippen LogP contribution is 2.42. The van der Waals surface area contributed by atoms with Gasteiger partial charge in [0.05, 0.1) is 17.4 Å². The van der Waals surface area contributed by atoms with E-state index >= 15 is 0 Å². The highest BCUT2D eigenvalue weighted by molar-refractivity contribution is 5.20. The summed E-state index contributed by atoms with van der Waals surface area (Å²) in [5.74, 6) is 0.669. The van der Waals surface area contributed by atoms with Crippen LogP contribution in [0.4, 0.5) is 0 Å². The molecule has 14 heavy (non-hydrogen) atoms. The third-order valence-corrected chi connectivity index (χ3v) is 3.40. The van der Waals surface area contributed by atoms with Crippen molar-refractivity contribution in [2.75, 3.05) is 0 Å². The van der Waals surface area contributed by atoms with Crippen LogP contribution in [0.3, 0.4) is 0 Å². The Morgan fingerprint density at radius 1 is 1.29 bits per heavy atom. The minimum Gasteiger partial charge on any atom is -0.325 e. The molecule has 2 N–H and O–H groups in total. The maximum atomic E-state index is 5.78. The van der Waals surface area contributed by atoms with Crippen LogP contribution in [0, 0.1) is 0 Å². The van der Waals surface area contributed by atoms with Gasteiger partial charge in [-0.2, -0.15) is 0 Å². The molecule has 0 aliphatic heterocycles. The van der Waals surface area contributed by atoms with Gasteiger partial charge >= 0.3 is 0 Å². The molecule has 2 aliphatic rings. The molecule has 4 heteroatoms. The Balaban J connectivity index is 1.93. The summed E-state index contributed by atoms with van der Waals surface area (Å²) in [6.45, 7) is 0.593. The van der Waals surface area contributed by atoms with Gasteiger partial charge in [-0.15, -0.1) is 5.10 Å². The Morgan fingerprint density at radius 2 is 2.07 bits per heavy atom. The van der Waals surface area contributed by atoms with Crippen molar-refractivity contribution in [1.29, 1.82) is 0 Å². The molecule has 76 valence electrons. The van der Waals surface area contributed by atoms with Crippen LogP contribution in [0.5, 0.6) is 0 Å². The van der Waals surface area contributed by atoms with Gasteiger partial charge in [0.25, 0.3) is 0 Å². The fraction of sp³-hybridized carbons (Fsp3) is 0.800. The standard InChI is InChI=1S/C10H16N4/c11-6-9-10(7-4-5-7)12-13-14(9)8-2-1-3-8/h7-8H,1-6,11H2. The van der Waals surface area contributed by atoms with Gasteiger partial charge in [-0.1, -0.05) is 5.21 Å². The molecule has 0 spiro atoms. The molecule has 2 fully saturated rings. The van der Waals surface area contributed by atoms with Gasteiger partial charge in [-0.3, -0.25) is 0 Å². The summed E-state index contributed by atoms with van der Waals surface area (Å²) < 4.78 is 2.08. The van der Waals surface area contributed by atoms with E-state index in [0.29, 0.717) is 18.5 Å². The second-order valence-electron chi connectivity index (χ2n) is 4.43. The molecule has 2 aliphatic carbocycles. The van der Waals surface area contributed by atoms with Crippen LogP contribution in [0.2, 0.25) is 0 Å². The number of nitrogens with two attached hydrogens (primary N) is 1. The molecule has 0 aromatic carbocycles. The van der Waals surface area contributed by atoms with Crippen molar-refractivity contribution >= 4 is 0 Å². The predicted octanol–water partition coefficient (Wildman–Crippen LogP) is 1.34. The molecule has 0 atom stereocenters. The summed E-state index contributed by atoms with van der Waals surface area (Å²) >= 11 is 0. The van der Waals surface area contributed by atoms with E-state index in [2.05, 4.69) is 15.0 Å². The van der Waals surface area contributed by atoms with Crippen molar-refractivity contribution in [3.63, 3.8) is 0 Å². The third-order valence-electron chi connectivity index (χ3n) is 3.40. The zero-order chi connectivity index (χ0) is 9.54. The Hall–Kier alpha value is -0.900. The average Bonchev–Trinajstić information content (AvgIpc) is 2.86. The largest absolute Gasteiger partial charge is 0.325 e. The van der Waals surface area contributed by atoms with Crippen LogP contribution in [0.15, 0.2) is 0 Å². The van der Waals surface area contributed by atoms with E-state index in [0.717, 1.165) is 0 Å². The zero-order valence-electron chi connectivity index (χ0n) is 8.32. The summed E-state index contributed by atoms with van der Waals surface area (Å²) in [5, 5.41) is 8.54. The van der Waals surface area contributed by atoms with Crippen LogP contribution in [-0.4, -0.2) is 15.0 Å². The quantitative estimate of drug-likeness (QED) is 0.786. The number of rotatable bonds is 3. The lowest BCUT2D eigenvalue weighted by atomic mass is 9.93. The molecule has 0 saturated heterocycles. The van der Waals surface area contributed by atoms with Crippen molar-refractivity contribution in [1.82, 2.24) is 15.0 Å². The number of nitrogens with zero attached hydrogens (tertiary/aromatic N) is 3. The maximum absolute atomic E-state index is 5.78. The van der Waals surface area contributed by atoms with E-state index in [1.807, 2.05) is 0 Å². The highest BCUT2D eigenvalue weighted by atomic mass is 15.4. The van der Waals surface area contributed by atoms with Gasteiger partial charge in [0.1, 0.15) is 0 Å². The van der Waals surface area contributed by atoms with E-state index in [1.165, 1.54) is 43.5 Å². The SMILES string of the molecule is NCc1c(C2CC2)nnn1C1CCC1. The molecular weight excluding hydrogens is 176 g/mol. The van der Waals surface area contributed by atoms with E-state index in [9.17, 15) is 0 Å². The van der Waals surface area contributed by atoms with Crippen molar-refractivity contribution in [2.45, 2.75) is 50.6 Å². The van der Waals surface area contributed by atoms with Gasteiger partial charge in [0, 0.05) is 12.5 Å². The van der Waals surface area contributed by atoms with Gasteiger partial charge in [0.2, 0.25) is 0 Å². The van der Waals surface area contributed by atoms with Gasteiger partial charge in [-0.05, 0) is 32.1 Å². The molecule has 0 bridgehead atoms. The maximum Gasteiger partial charge on any atom is 0.0903 e. The van der Waals surface area contributed by atoms with Crippen molar-refractivity contribution in [3.8, 4) is 0 Å². The molecule has 1 aromatic rings. The second kappa shape index (κ2) is 3.05. The molecule has 0 radical (unpaired) electrons. The number of hydrogen-bond donors (Lipinski definition) is 1. The molecule has 4 nitrogen and oxygen atoms in total. The average molecular weight is 192 g/mol.